The van der Waals surface area contributed by atoms with Crippen molar-refractivity contribution in [1.82, 2.24) is 4.90 Å². The van der Waals surface area contributed by atoms with E-state index in [4.69, 9.17) is 0 Å². The molecule has 0 saturated heterocycles. The van der Waals surface area contributed by atoms with Gasteiger partial charge in [-0.25, -0.2) is 0 Å². The Kier molecular flexibility index (Phi) is 8.41. The molecular formula is C15H16NSSbSe. The Morgan fingerprint density at radius 2 is 1.21 bits per heavy atom. The number of hydrogen-bond donors (Lipinski definition) is 0. The fourth-order valence-corrected chi connectivity index (χ4v) is 3.84. The van der Waals surface area contributed by atoms with E-state index in [1.54, 1.807) is 0 Å². The van der Waals surface area contributed by atoms with Gasteiger partial charge in [0.1, 0.15) is 0 Å². The molecule has 0 atom stereocenters. The van der Waals surface area contributed by atoms with Crippen molar-refractivity contribution in [3.05, 3.63) is 60.7 Å². The molecular weight excluding hydrogens is 427 g/mol. The average molecular weight is 443 g/mol. The second-order valence-electron chi connectivity index (χ2n) is 3.94. The normalized spacial score (nSPS) is 9.16. The molecule has 2 aromatic carbocycles. The Morgan fingerprint density at radius 1 is 0.895 bits per heavy atom. The van der Waals surface area contributed by atoms with Gasteiger partial charge in [-0.1, -0.05) is 0 Å². The molecule has 0 unspecified atom stereocenters. The zero-order chi connectivity index (χ0) is 14.1. The van der Waals surface area contributed by atoms with Gasteiger partial charge in [0, 0.05) is 0 Å². The molecule has 0 saturated carbocycles. The van der Waals surface area contributed by atoms with E-state index in [0.29, 0.717) is 0 Å². The van der Waals surface area contributed by atoms with E-state index in [0.717, 1.165) is 3.89 Å². The van der Waals surface area contributed by atoms with Crippen molar-refractivity contribution in [1.29, 1.82) is 0 Å². The summed E-state index contributed by atoms with van der Waals surface area (Å²) in [4.78, 5) is 1.84. The summed E-state index contributed by atoms with van der Waals surface area (Å²) >= 11 is 7.05. The summed E-state index contributed by atoms with van der Waals surface area (Å²) in [6.45, 7) is 0. The zero-order valence-corrected chi connectivity index (χ0v) is 16.1. The molecule has 0 aliphatic heterocycles. The van der Waals surface area contributed by atoms with Gasteiger partial charge in [0.15, 0.2) is 0 Å². The molecule has 0 heterocycles. The van der Waals surface area contributed by atoms with Crippen LogP contribution < -0.4 is 7.02 Å². The van der Waals surface area contributed by atoms with Crippen LogP contribution in [0, 0.1) is 0 Å². The SMILES string of the molecule is CN(C)C(=S)[Se].c1cc[c]([Sb][c]2ccccc2)cc1. The number of nitrogens with zero attached hydrogens (tertiary/aromatic N) is 1. The summed E-state index contributed by atoms with van der Waals surface area (Å²) in [7, 11) is 3.80. The van der Waals surface area contributed by atoms with Crippen LogP contribution in [-0.2, 0) is 0 Å². The van der Waals surface area contributed by atoms with Gasteiger partial charge in [0.05, 0.1) is 0 Å². The molecule has 2 aromatic rings. The van der Waals surface area contributed by atoms with Gasteiger partial charge in [0.2, 0.25) is 0 Å². The second-order valence-corrected chi connectivity index (χ2v) is 9.31. The molecule has 0 bridgehead atoms. The monoisotopic (exact) mass is 443 g/mol. The summed E-state index contributed by atoms with van der Waals surface area (Å²) in [5, 5.41) is 0. The fraction of sp³-hybridized carbons (Fsp3) is 0.133. The summed E-state index contributed by atoms with van der Waals surface area (Å²) < 4.78 is 3.84. The number of hydrogen-bond acceptors (Lipinski definition) is 1. The van der Waals surface area contributed by atoms with E-state index in [-0.39, 0.29) is 21.6 Å². The molecule has 0 amide bonds. The van der Waals surface area contributed by atoms with Crippen LogP contribution in [0.4, 0.5) is 0 Å². The van der Waals surface area contributed by atoms with Crippen molar-refractivity contribution in [3.8, 4) is 0 Å². The third-order valence-electron chi connectivity index (χ3n) is 2.14. The minimum absolute atomic E-state index is 0.335. The van der Waals surface area contributed by atoms with Crippen LogP contribution in [-0.4, -0.2) is 60.5 Å². The quantitative estimate of drug-likeness (QED) is 0.510. The first-order chi connectivity index (χ1) is 9.09. The molecule has 19 heavy (non-hydrogen) atoms. The summed E-state index contributed by atoms with van der Waals surface area (Å²) in [5.41, 5.74) is 0. The van der Waals surface area contributed by atoms with Gasteiger partial charge in [0.25, 0.3) is 0 Å². The molecule has 2 rings (SSSR count). The van der Waals surface area contributed by atoms with Gasteiger partial charge in [-0.2, -0.15) is 0 Å². The standard InChI is InChI=1S/2C6H5.C3H6NSSe.Sb/c2*1-2-4-6-5-3-1;1-4(2)3(5)6;/h2*1-5H;1-2H3;. The van der Waals surface area contributed by atoms with E-state index in [9.17, 15) is 0 Å². The molecule has 0 fully saturated rings. The van der Waals surface area contributed by atoms with Crippen molar-refractivity contribution >= 4 is 60.8 Å². The molecule has 0 N–H and O–H groups in total. The Bertz CT molecular complexity index is 451. The molecule has 98 valence electrons. The van der Waals surface area contributed by atoms with Gasteiger partial charge in [-0.3, -0.25) is 0 Å². The molecule has 0 spiro atoms. The van der Waals surface area contributed by atoms with E-state index in [1.807, 2.05) is 19.0 Å². The van der Waals surface area contributed by atoms with Crippen LogP contribution in [0.2, 0.25) is 0 Å². The topological polar surface area (TPSA) is 3.24 Å². The van der Waals surface area contributed by atoms with Gasteiger partial charge >= 0.3 is 140 Å². The number of benzene rings is 2. The molecule has 2 radical (unpaired) electrons. The third kappa shape index (κ3) is 7.74. The van der Waals surface area contributed by atoms with Crippen LogP contribution >= 0.6 is 12.2 Å². The molecule has 0 aromatic heterocycles. The maximum atomic E-state index is 4.69. The first-order valence-corrected chi connectivity index (χ1v) is 9.61. The third-order valence-corrected chi connectivity index (χ3v) is 6.44. The van der Waals surface area contributed by atoms with E-state index in [2.05, 4.69) is 88.9 Å². The molecule has 0 aliphatic carbocycles. The average Bonchev–Trinajstić information content (AvgIpc) is 2.41. The first-order valence-electron chi connectivity index (χ1n) is 5.79. The number of rotatable bonds is 2. The fourth-order valence-electron chi connectivity index (χ4n) is 1.15. The van der Waals surface area contributed by atoms with Crippen molar-refractivity contribution in [2.24, 2.45) is 0 Å². The van der Waals surface area contributed by atoms with E-state index < -0.39 is 0 Å². The Balaban J connectivity index is 0.000000258. The Labute approximate surface area is 139 Å². The first kappa shape index (κ1) is 16.7. The Morgan fingerprint density at radius 3 is 1.47 bits per heavy atom. The Hall–Kier alpha value is -0.332. The molecule has 4 heteroatoms. The molecule has 0 aliphatic rings. The van der Waals surface area contributed by atoms with Crippen molar-refractivity contribution in [3.63, 3.8) is 0 Å². The minimum atomic E-state index is -0.335. The van der Waals surface area contributed by atoms with Crippen LogP contribution in [0.1, 0.15) is 0 Å². The van der Waals surface area contributed by atoms with Gasteiger partial charge in [-0.05, 0) is 0 Å². The number of thiocarbonyl (C=S) groups is 1. The summed E-state index contributed by atoms with van der Waals surface area (Å²) in [5.74, 6) is 0. The van der Waals surface area contributed by atoms with Gasteiger partial charge < -0.3 is 0 Å². The van der Waals surface area contributed by atoms with Crippen molar-refractivity contribution < 1.29 is 0 Å². The predicted octanol–water partition coefficient (Wildman–Crippen LogP) is 1.34. The molecule has 1 nitrogen and oxygen atoms in total. The van der Waals surface area contributed by atoms with Crippen molar-refractivity contribution in [2.45, 2.75) is 0 Å². The van der Waals surface area contributed by atoms with Crippen LogP contribution in [0.3, 0.4) is 0 Å². The summed E-state index contributed by atoms with van der Waals surface area (Å²) in [6, 6.07) is 21.5. The van der Waals surface area contributed by atoms with E-state index in [1.165, 1.54) is 7.02 Å². The van der Waals surface area contributed by atoms with Crippen LogP contribution in [0.5, 0.6) is 0 Å². The van der Waals surface area contributed by atoms with Crippen LogP contribution in [0.15, 0.2) is 60.7 Å². The van der Waals surface area contributed by atoms with Gasteiger partial charge in [-0.15, -0.1) is 0 Å². The maximum absolute atomic E-state index is 4.69. The van der Waals surface area contributed by atoms with Crippen LogP contribution in [0.25, 0.3) is 0 Å². The second kappa shape index (κ2) is 9.55. The predicted molar refractivity (Wildman–Crippen MR) is 89.9 cm³/mol. The van der Waals surface area contributed by atoms with Crippen molar-refractivity contribution in [2.75, 3.05) is 14.1 Å². The summed E-state index contributed by atoms with van der Waals surface area (Å²) in [6.07, 6.45) is 0. The zero-order valence-electron chi connectivity index (χ0n) is 11.0. The van der Waals surface area contributed by atoms with E-state index >= 15 is 0 Å².